The lowest BCUT2D eigenvalue weighted by atomic mass is 10.1. The summed E-state index contributed by atoms with van der Waals surface area (Å²) >= 11 is 0. The summed E-state index contributed by atoms with van der Waals surface area (Å²) in [5.41, 5.74) is 2.16. The maximum absolute atomic E-state index is 12.2. The van der Waals surface area contributed by atoms with Crippen molar-refractivity contribution >= 4 is 17.3 Å². The summed E-state index contributed by atoms with van der Waals surface area (Å²) in [6.45, 7) is 10.9. The van der Waals surface area contributed by atoms with Gasteiger partial charge >= 0.3 is 0 Å². The molecule has 4 heteroatoms. The van der Waals surface area contributed by atoms with Gasteiger partial charge in [-0.15, -0.1) is 0 Å². The van der Waals surface area contributed by atoms with E-state index in [9.17, 15) is 4.79 Å². The first-order valence-electron chi connectivity index (χ1n) is 8.94. The van der Waals surface area contributed by atoms with Crippen molar-refractivity contribution in [1.82, 2.24) is 4.90 Å². The van der Waals surface area contributed by atoms with Crippen LogP contribution in [0, 0.1) is 11.8 Å². The third-order valence-corrected chi connectivity index (χ3v) is 5.29. The number of nitrogens with one attached hydrogen (secondary N) is 1. The minimum absolute atomic E-state index is 0.138. The Balaban J connectivity index is 1.54. The molecule has 1 unspecified atom stereocenters. The second-order valence-electron chi connectivity index (χ2n) is 7.28. The van der Waals surface area contributed by atoms with Gasteiger partial charge in [-0.3, -0.25) is 9.69 Å². The van der Waals surface area contributed by atoms with E-state index < -0.39 is 0 Å². The predicted octanol–water partition coefficient (Wildman–Crippen LogP) is 3.20. The van der Waals surface area contributed by atoms with Crippen LogP contribution in [0.15, 0.2) is 24.3 Å². The topological polar surface area (TPSA) is 35.6 Å². The van der Waals surface area contributed by atoms with Gasteiger partial charge in [-0.05, 0) is 56.9 Å². The van der Waals surface area contributed by atoms with Crippen LogP contribution in [0.5, 0.6) is 0 Å². The number of hydrogen-bond donors (Lipinski definition) is 1. The molecule has 126 valence electrons. The van der Waals surface area contributed by atoms with Crippen molar-refractivity contribution in [3.63, 3.8) is 0 Å². The van der Waals surface area contributed by atoms with Crippen LogP contribution in [0.2, 0.25) is 0 Å². The molecule has 4 nitrogen and oxygen atoms in total. The summed E-state index contributed by atoms with van der Waals surface area (Å²) in [7, 11) is 0. The molecule has 0 aromatic heterocycles. The largest absolute Gasteiger partial charge is 0.369 e. The summed E-state index contributed by atoms with van der Waals surface area (Å²) in [4.78, 5) is 17.1. The first-order chi connectivity index (χ1) is 11.0. The molecule has 1 N–H and O–H groups in total. The Labute approximate surface area is 139 Å². The van der Waals surface area contributed by atoms with Gasteiger partial charge in [-0.1, -0.05) is 6.92 Å². The van der Waals surface area contributed by atoms with Gasteiger partial charge in [0, 0.05) is 49.5 Å². The van der Waals surface area contributed by atoms with Crippen molar-refractivity contribution in [2.75, 3.05) is 36.4 Å². The van der Waals surface area contributed by atoms with Crippen LogP contribution < -0.4 is 10.2 Å². The van der Waals surface area contributed by atoms with Crippen LogP contribution >= 0.6 is 0 Å². The molecule has 2 aliphatic rings. The molecule has 1 aliphatic heterocycles. The van der Waals surface area contributed by atoms with Gasteiger partial charge in [-0.25, -0.2) is 0 Å². The highest BCUT2D eigenvalue weighted by Gasteiger charge is 2.32. The summed E-state index contributed by atoms with van der Waals surface area (Å²) < 4.78 is 0. The number of rotatable bonds is 5. The number of piperazine rings is 1. The van der Waals surface area contributed by atoms with E-state index >= 15 is 0 Å². The molecule has 0 radical (unpaired) electrons. The van der Waals surface area contributed by atoms with Crippen LogP contribution in [-0.4, -0.2) is 43.0 Å². The van der Waals surface area contributed by atoms with Gasteiger partial charge in [0.15, 0.2) is 0 Å². The second-order valence-corrected chi connectivity index (χ2v) is 7.28. The minimum Gasteiger partial charge on any atom is -0.369 e. The number of benzene rings is 1. The number of hydrogen-bond acceptors (Lipinski definition) is 3. The number of anilines is 2. The molecular weight excluding hydrogens is 286 g/mol. The fraction of sp³-hybridized carbons (Fsp3) is 0.632. The summed E-state index contributed by atoms with van der Waals surface area (Å²) in [5, 5.41) is 3.05. The standard InChI is InChI=1S/C19H29N3O/c1-14(2)21-10-12-22(13-11-21)18-8-6-17(7-9-18)20-19(23)15(3)16-4-5-16/h6-9,14-16H,4-5,10-13H2,1-3H3,(H,20,23). The zero-order valence-electron chi connectivity index (χ0n) is 14.6. The van der Waals surface area contributed by atoms with E-state index in [0.29, 0.717) is 12.0 Å². The summed E-state index contributed by atoms with van der Waals surface area (Å²) in [5.74, 6) is 0.899. The van der Waals surface area contributed by atoms with Gasteiger partial charge in [0.05, 0.1) is 0 Å². The van der Waals surface area contributed by atoms with Crippen molar-refractivity contribution in [3.8, 4) is 0 Å². The van der Waals surface area contributed by atoms with Crippen molar-refractivity contribution in [1.29, 1.82) is 0 Å². The first-order valence-corrected chi connectivity index (χ1v) is 8.94. The number of amides is 1. The predicted molar refractivity (Wildman–Crippen MR) is 95.9 cm³/mol. The SMILES string of the molecule is CC(C(=O)Nc1ccc(N2CCN(C(C)C)CC2)cc1)C1CC1. The Kier molecular flexibility index (Phi) is 4.90. The molecule has 1 saturated carbocycles. The van der Waals surface area contributed by atoms with E-state index in [4.69, 9.17) is 0 Å². The molecule has 2 fully saturated rings. The molecule has 0 spiro atoms. The van der Waals surface area contributed by atoms with E-state index in [1.54, 1.807) is 0 Å². The van der Waals surface area contributed by atoms with Gasteiger partial charge < -0.3 is 10.2 Å². The summed E-state index contributed by atoms with van der Waals surface area (Å²) in [6, 6.07) is 8.94. The highest BCUT2D eigenvalue weighted by atomic mass is 16.1. The van der Waals surface area contributed by atoms with Crippen LogP contribution in [-0.2, 0) is 4.79 Å². The van der Waals surface area contributed by atoms with Gasteiger partial charge in [0.2, 0.25) is 5.91 Å². The zero-order valence-corrected chi connectivity index (χ0v) is 14.6. The Hall–Kier alpha value is -1.55. The Bertz CT molecular complexity index is 528. The highest BCUT2D eigenvalue weighted by molar-refractivity contribution is 5.92. The van der Waals surface area contributed by atoms with Crippen LogP contribution in [0.4, 0.5) is 11.4 Å². The molecule has 1 aliphatic carbocycles. The van der Waals surface area contributed by atoms with Crippen LogP contribution in [0.1, 0.15) is 33.6 Å². The smallest absolute Gasteiger partial charge is 0.227 e. The fourth-order valence-corrected chi connectivity index (χ4v) is 3.32. The lowest BCUT2D eigenvalue weighted by Crippen LogP contribution is -2.48. The van der Waals surface area contributed by atoms with Gasteiger partial charge in [-0.2, -0.15) is 0 Å². The number of nitrogens with zero attached hydrogens (tertiary/aromatic N) is 2. The monoisotopic (exact) mass is 315 g/mol. The molecule has 1 atom stereocenters. The van der Waals surface area contributed by atoms with E-state index in [1.165, 1.54) is 18.5 Å². The molecule has 1 saturated heterocycles. The summed E-state index contributed by atoms with van der Waals surface area (Å²) in [6.07, 6.45) is 2.41. The van der Waals surface area contributed by atoms with Crippen molar-refractivity contribution in [2.45, 2.75) is 39.7 Å². The molecule has 1 aromatic carbocycles. The molecule has 3 rings (SSSR count). The normalized spacial score (nSPS) is 20.6. The molecule has 0 bridgehead atoms. The van der Waals surface area contributed by atoms with Crippen molar-refractivity contribution in [3.05, 3.63) is 24.3 Å². The van der Waals surface area contributed by atoms with Crippen molar-refractivity contribution < 1.29 is 4.79 Å². The van der Waals surface area contributed by atoms with Crippen LogP contribution in [0.3, 0.4) is 0 Å². The van der Waals surface area contributed by atoms with Gasteiger partial charge in [0.1, 0.15) is 0 Å². The van der Waals surface area contributed by atoms with Crippen LogP contribution in [0.25, 0.3) is 0 Å². The Morgan fingerprint density at radius 2 is 1.65 bits per heavy atom. The van der Waals surface area contributed by atoms with E-state index in [-0.39, 0.29) is 11.8 Å². The lowest BCUT2D eigenvalue weighted by Gasteiger charge is -2.38. The molecular formula is C19H29N3O. The maximum atomic E-state index is 12.2. The van der Waals surface area contributed by atoms with E-state index in [0.717, 1.165) is 31.9 Å². The van der Waals surface area contributed by atoms with Gasteiger partial charge in [0.25, 0.3) is 0 Å². The minimum atomic E-state index is 0.138. The molecule has 1 aromatic rings. The Morgan fingerprint density at radius 3 is 2.17 bits per heavy atom. The third-order valence-electron chi connectivity index (χ3n) is 5.29. The molecule has 23 heavy (non-hydrogen) atoms. The van der Waals surface area contributed by atoms with E-state index in [1.807, 2.05) is 19.1 Å². The fourth-order valence-electron chi connectivity index (χ4n) is 3.32. The number of carbonyl (C=O) groups excluding carboxylic acids is 1. The average molecular weight is 315 g/mol. The second kappa shape index (κ2) is 6.91. The first kappa shape index (κ1) is 16.3. The lowest BCUT2D eigenvalue weighted by molar-refractivity contribution is -0.119. The maximum Gasteiger partial charge on any atom is 0.227 e. The third kappa shape index (κ3) is 4.05. The van der Waals surface area contributed by atoms with E-state index in [2.05, 4.69) is 41.1 Å². The highest BCUT2D eigenvalue weighted by Crippen LogP contribution is 2.37. The molecule has 1 heterocycles. The Morgan fingerprint density at radius 1 is 1.04 bits per heavy atom. The zero-order chi connectivity index (χ0) is 16.4. The quantitative estimate of drug-likeness (QED) is 0.906. The average Bonchev–Trinajstić information content (AvgIpc) is 3.40. The van der Waals surface area contributed by atoms with Crippen molar-refractivity contribution in [2.24, 2.45) is 11.8 Å². The number of carbonyl (C=O) groups is 1. The molecule has 1 amide bonds.